The molecule has 0 atom stereocenters. The molecular formula is C12H15N3. The van der Waals surface area contributed by atoms with Gasteiger partial charge in [-0.25, -0.2) is 4.98 Å². The van der Waals surface area contributed by atoms with Gasteiger partial charge in [-0.3, -0.25) is 4.90 Å². The third-order valence-corrected chi connectivity index (χ3v) is 3.20. The molecule has 3 heteroatoms. The Morgan fingerprint density at radius 2 is 2.33 bits per heavy atom. The van der Waals surface area contributed by atoms with Gasteiger partial charge < -0.3 is 4.40 Å². The highest BCUT2D eigenvalue weighted by molar-refractivity contribution is 5.43. The lowest BCUT2D eigenvalue weighted by Crippen LogP contribution is -2.30. The highest BCUT2D eigenvalue weighted by Crippen LogP contribution is 2.19. The van der Waals surface area contributed by atoms with Crippen LogP contribution in [0.15, 0.2) is 24.4 Å². The van der Waals surface area contributed by atoms with Crippen LogP contribution in [0.5, 0.6) is 0 Å². The van der Waals surface area contributed by atoms with Crippen LogP contribution in [0.3, 0.4) is 0 Å². The number of aromatic nitrogens is 2. The van der Waals surface area contributed by atoms with Gasteiger partial charge in [0.1, 0.15) is 5.65 Å². The fourth-order valence-electron chi connectivity index (χ4n) is 2.29. The highest BCUT2D eigenvalue weighted by Gasteiger charge is 2.19. The normalized spacial score (nSPS) is 16.9. The van der Waals surface area contributed by atoms with Crippen molar-refractivity contribution in [2.45, 2.75) is 19.9 Å². The van der Waals surface area contributed by atoms with Gasteiger partial charge in [0.2, 0.25) is 0 Å². The van der Waals surface area contributed by atoms with Crippen molar-refractivity contribution < 1.29 is 0 Å². The number of hydrogen-bond acceptors (Lipinski definition) is 2. The average Bonchev–Trinajstić information content (AvgIpc) is 2.66. The fourth-order valence-corrected chi connectivity index (χ4v) is 2.29. The predicted molar refractivity (Wildman–Crippen MR) is 59.8 cm³/mol. The molecule has 2 aromatic rings. The van der Waals surface area contributed by atoms with E-state index in [-0.39, 0.29) is 0 Å². The van der Waals surface area contributed by atoms with Crippen LogP contribution in [0, 0.1) is 0 Å². The molecule has 0 saturated carbocycles. The number of nitrogens with zero attached hydrogens (tertiary/aromatic N) is 3. The maximum atomic E-state index is 4.66. The summed E-state index contributed by atoms with van der Waals surface area (Å²) < 4.78 is 2.22. The van der Waals surface area contributed by atoms with Crippen molar-refractivity contribution in [2.75, 3.05) is 13.1 Å². The van der Waals surface area contributed by atoms with Crippen molar-refractivity contribution >= 4 is 5.65 Å². The van der Waals surface area contributed by atoms with E-state index in [9.17, 15) is 0 Å². The first-order valence-electron chi connectivity index (χ1n) is 5.55. The Morgan fingerprint density at radius 3 is 3.20 bits per heavy atom. The van der Waals surface area contributed by atoms with Crippen molar-refractivity contribution in [3.05, 3.63) is 35.8 Å². The van der Waals surface area contributed by atoms with Crippen molar-refractivity contribution in [3.63, 3.8) is 0 Å². The molecule has 2 aromatic heterocycles. The van der Waals surface area contributed by atoms with Crippen molar-refractivity contribution in [3.8, 4) is 0 Å². The van der Waals surface area contributed by atoms with Gasteiger partial charge in [0.15, 0.2) is 0 Å². The number of hydrogen-bond donors (Lipinski definition) is 0. The van der Waals surface area contributed by atoms with Gasteiger partial charge in [-0.15, -0.1) is 0 Å². The van der Waals surface area contributed by atoms with Gasteiger partial charge in [0, 0.05) is 25.7 Å². The number of fused-ring (bicyclic) bond motifs is 3. The maximum absolute atomic E-state index is 4.66. The van der Waals surface area contributed by atoms with E-state index in [0.29, 0.717) is 0 Å². The first-order chi connectivity index (χ1) is 7.38. The van der Waals surface area contributed by atoms with Gasteiger partial charge in [-0.2, -0.15) is 0 Å². The summed E-state index contributed by atoms with van der Waals surface area (Å²) in [6.07, 6.45) is 3.20. The van der Waals surface area contributed by atoms with E-state index in [2.05, 4.69) is 39.5 Å². The Morgan fingerprint density at radius 1 is 1.40 bits per heavy atom. The zero-order valence-electron chi connectivity index (χ0n) is 8.98. The average molecular weight is 201 g/mol. The summed E-state index contributed by atoms with van der Waals surface area (Å²) >= 11 is 0. The molecule has 3 rings (SSSR count). The van der Waals surface area contributed by atoms with E-state index < -0.39 is 0 Å². The summed E-state index contributed by atoms with van der Waals surface area (Å²) in [6, 6.07) is 6.19. The lowest BCUT2D eigenvalue weighted by Gasteiger charge is -2.24. The Balaban J connectivity index is 2.14. The van der Waals surface area contributed by atoms with Gasteiger partial charge in [-0.05, 0) is 18.7 Å². The molecule has 0 N–H and O–H groups in total. The fraction of sp³-hybridized carbons (Fsp3) is 0.417. The Bertz CT molecular complexity index is 487. The SMILES string of the molecule is CCN1CCc2nc3ccccn3c2C1. The Labute approximate surface area is 89.3 Å². The maximum Gasteiger partial charge on any atom is 0.137 e. The molecular weight excluding hydrogens is 186 g/mol. The molecule has 1 aliphatic rings. The molecule has 0 saturated heterocycles. The first kappa shape index (κ1) is 8.92. The van der Waals surface area contributed by atoms with Crippen molar-refractivity contribution in [1.82, 2.24) is 14.3 Å². The molecule has 15 heavy (non-hydrogen) atoms. The molecule has 0 radical (unpaired) electrons. The summed E-state index contributed by atoms with van der Waals surface area (Å²) in [4.78, 5) is 7.12. The molecule has 0 fully saturated rings. The summed E-state index contributed by atoms with van der Waals surface area (Å²) in [5.41, 5.74) is 3.74. The zero-order valence-corrected chi connectivity index (χ0v) is 8.98. The minimum atomic E-state index is 1.04. The van der Waals surface area contributed by atoms with Crippen LogP contribution < -0.4 is 0 Å². The van der Waals surface area contributed by atoms with Crippen LogP contribution in [0.2, 0.25) is 0 Å². The van der Waals surface area contributed by atoms with Crippen LogP contribution in [-0.2, 0) is 13.0 Å². The van der Waals surface area contributed by atoms with Crippen LogP contribution >= 0.6 is 0 Å². The molecule has 0 bridgehead atoms. The second-order valence-corrected chi connectivity index (χ2v) is 4.05. The van der Waals surface area contributed by atoms with Crippen LogP contribution in [-0.4, -0.2) is 27.4 Å². The molecule has 0 aliphatic carbocycles. The van der Waals surface area contributed by atoms with E-state index in [1.165, 1.54) is 11.4 Å². The van der Waals surface area contributed by atoms with Crippen LogP contribution in [0.25, 0.3) is 5.65 Å². The molecule has 3 nitrogen and oxygen atoms in total. The number of pyridine rings is 1. The lowest BCUT2D eigenvalue weighted by atomic mass is 10.1. The zero-order chi connectivity index (χ0) is 10.3. The van der Waals surface area contributed by atoms with Gasteiger partial charge in [-0.1, -0.05) is 13.0 Å². The van der Waals surface area contributed by atoms with E-state index in [0.717, 1.165) is 31.7 Å². The predicted octanol–water partition coefficient (Wildman–Crippen LogP) is 1.71. The second kappa shape index (κ2) is 3.35. The smallest absolute Gasteiger partial charge is 0.137 e. The summed E-state index contributed by atoms with van der Waals surface area (Å²) in [5.74, 6) is 0. The largest absolute Gasteiger partial charge is 0.302 e. The monoisotopic (exact) mass is 201 g/mol. The molecule has 0 amide bonds. The topological polar surface area (TPSA) is 20.5 Å². The summed E-state index contributed by atoms with van der Waals surface area (Å²) in [6.45, 7) is 5.53. The molecule has 0 unspecified atom stereocenters. The van der Waals surface area contributed by atoms with E-state index >= 15 is 0 Å². The van der Waals surface area contributed by atoms with E-state index in [4.69, 9.17) is 0 Å². The van der Waals surface area contributed by atoms with Gasteiger partial charge in [0.25, 0.3) is 0 Å². The molecule has 78 valence electrons. The van der Waals surface area contributed by atoms with Crippen LogP contribution in [0.1, 0.15) is 18.3 Å². The minimum absolute atomic E-state index is 1.04. The standard InChI is InChI=1S/C12H15N3/c1-2-14-8-6-10-11(9-14)15-7-4-3-5-12(15)13-10/h3-5,7H,2,6,8-9H2,1H3. The second-order valence-electron chi connectivity index (χ2n) is 4.05. The third-order valence-electron chi connectivity index (χ3n) is 3.20. The number of rotatable bonds is 1. The third kappa shape index (κ3) is 1.35. The summed E-state index contributed by atoms with van der Waals surface area (Å²) in [7, 11) is 0. The number of likely N-dealkylation sites (N-methyl/N-ethyl adjacent to an activating group) is 1. The van der Waals surface area contributed by atoms with Crippen molar-refractivity contribution in [2.24, 2.45) is 0 Å². The van der Waals surface area contributed by atoms with Gasteiger partial charge >= 0.3 is 0 Å². The highest BCUT2D eigenvalue weighted by atomic mass is 15.2. The Kier molecular flexibility index (Phi) is 1.99. The van der Waals surface area contributed by atoms with Crippen LogP contribution in [0.4, 0.5) is 0 Å². The minimum Gasteiger partial charge on any atom is -0.302 e. The molecule has 1 aliphatic heterocycles. The number of imidazole rings is 1. The first-order valence-corrected chi connectivity index (χ1v) is 5.55. The molecule has 3 heterocycles. The Hall–Kier alpha value is -1.35. The molecule has 0 spiro atoms. The van der Waals surface area contributed by atoms with Gasteiger partial charge in [0.05, 0.1) is 11.4 Å². The van der Waals surface area contributed by atoms with Crippen molar-refractivity contribution in [1.29, 1.82) is 0 Å². The lowest BCUT2D eigenvalue weighted by molar-refractivity contribution is 0.262. The van der Waals surface area contributed by atoms with E-state index in [1.54, 1.807) is 0 Å². The van der Waals surface area contributed by atoms with E-state index in [1.807, 2.05) is 6.07 Å². The molecule has 0 aromatic carbocycles. The quantitative estimate of drug-likeness (QED) is 0.700. The summed E-state index contributed by atoms with van der Waals surface area (Å²) in [5, 5.41) is 0.